The van der Waals surface area contributed by atoms with Crippen molar-refractivity contribution in [3.8, 4) is 22.7 Å². The van der Waals surface area contributed by atoms with Gasteiger partial charge in [-0.15, -0.1) is 5.10 Å². The molecule has 1 fully saturated rings. The van der Waals surface area contributed by atoms with Gasteiger partial charge >= 0.3 is 0 Å². The first kappa shape index (κ1) is 20.7. The van der Waals surface area contributed by atoms with E-state index in [-0.39, 0.29) is 0 Å². The number of aromatic nitrogens is 4. The average molecular weight is 433 g/mol. The van der Waals surface area contributed by atoms with Gasteiger partial charge in [0.2, 0.25) is 0 Å². The molecule has 0 aromatic carbocycles. The van der Waals surface area contributed by atoms with Gasteiger partial charge in [0, 0.05) is 50.7 Å². The zero-order valence-electron chi connectivity index (χ0n) is 18.7. The number of aryl methyl sites for hydroxylation is 1. The summed E-state index contributed by atoms with van der Waals surface area (Å²) in [7, 11) is 0. The lowest BCUT2D eigenvalue weighted by atomic mass is 10.1. The number of aliphatic hydroxyl groups is 1. The number of rotatable bonds is 5. The maximum atomic E-state index is 10.1. The van der Waals surface area contributed by atoms with E-state index < -0.39 is 5.60 Å². The number of nitrogens with zero attached hydrogens (tertiary/aromatic N) is 6. The largest absolute Gasteiger partial charge is 0.460 e. The highest BCUT2D eigenvalue weighted by Crippen LogP contribution is 2.33. The molecule has 0 unspecified atom stereocenters. The lowest BCUT2D eigenvalue weighted by Crippen LogP contribution is -2.50. The summed E-state index contributed by atoms with van der Waals surface area (Å²) in [4.78, 5) is 13.6. The molecule has 0 radical (unpaired) electrons. The molecule has 0 bridgehead atoms. The van der Waals surface area contributed by atoms with E-state index in [1.807, 2.05) is 61.7 Å². The Hall–Kier alpha value is -3.23. The minimum Gasteiger partial charge on any atom is -0.460 e. The van der Waals surface area contributed by atoms with Gasteiger partial charge in [-0.1, -0.05) is 0 Å². The molecule has 1 saturated heterocycles. The number of fused-ring (bicyclic) bond motifs is 1. The third-order valence-electron chi connectivity index (χ3n) is 5.70. The highest BCUT2D eigenvalue weighted by molar-refractivity contribution is 5.79. The molecule has 5 rings (SSSR count). The molecule has 8 heteroatoms. The Morgan fingerprint density at radius 3 is 2.41 bits per heavy atom. The van der Waals surface area contributed by atoms with E-state index in [4.69, 9.17) is 14.5 Å². The molecule has 0 saturated carbocycles. The van der Waals surface area contributed by atoms with Crippen LogP contribution in [0.25, 0.3) is 28.4 Å². The van der Waals surface area contributed by atoms with E-state index in [2.05, 4.69) is 14.8 Å². The van der Waals surface area contributed by atoms with Crippen LogP contribution >= 0.6 is 0 Å². The van der Waals surface area contributed by atoms with Crippen LogP contribution in [0.5, 0.6) is 0 Å². The summed E-state index contributed by atoms with van der Waals surface area (Å²) in [6, 6.07) is 11.9. The van der Waals surface area contributed by atoms with Gasteiger partial charge in [-0.2, -0.15) is 0 Å². The van der Waals surface area contributed by atoms with Crippen molar-refractivity contribution in [1.29, 1.82) is 0 Å². The van der Waals surface area contributed by atoms with Crippen molar-refractivity contribution < 1.29 is 9.52 Å². The van der Waals surface area contributed by atoms with Crippen LogP contribution in [-0.2, 0) is 0 Å². The van der Waals surface area contributed by atoms with Gasteiger partial charge in [0.15, 0.2) is 11.4 Å². The predicted octanol–water partition coefficient (Wildman–Crippen LogP) is 3.25. The van der Waals surface area contributed by atoms with Crippen LogP contribution in [0.15, 0.2) is 53.2 Å². The molecule has 0 amide bonds. The number of hydrogen-bond acceptors (Lipinski definition) is 7. The first-order valence-corrected chi connectivity index (χ1v) is 10.9. The fourth-order valence-electron chi connectivity index (χ4n) is 4.28. The molecule has 4 aromatic heterocycles. The molecule has 1 N–H and O–H groups in total. The van der Waals surface area contributed by atoms with Crippen LogP contribution < -0.4 is 4.90 Å². The molecule has 32 heavy (non-hydrogen) atoms. The molecular formula is C24H28N6O2. The van der Waals surface area contributed by atoms with Crippen molar-refractivity contribution in [3.63, 3.8) is 0 Å². The first-order valence-electron chi connectivity index (χ1n) is 10.9. The minimum atomic E-state index is -0.684. The zero-order chi connectivity index (χ0) is 22.3. The molecule has 0 aliphatic carbocycles. The van der Waals surface area contributed by atoms with Crippen molar-refractivity contribution in [2.24, 2.45) is 0 Å². The zero-order valence-corrected chi connectivity index (χ0v) is 18.7. The Balaban J connectivity index is 1.51. The maximum absolute atomic E-state index is 10.1. The van der Waals surface area contributed by atoms with Crippen LogP contribution in [0.2, 0.25) is 0 Å². The highest BCUT2D eigenvalue weighted by Gasteiger charge is 2.25. The fourth-order valence-corrected chi connectivity index (χ4v) is 4.28. The van der Waals surface area contributed by atoms with Crippen molar-refractivity contribution >= 4 is 11.5 Å². The number of pyridine rings is 1. The molecule has 1 aliphatic rings. The van der Waals surface area contributed by atoms with E-state index in [1.54, 1.807) is 12.4 Å². The lowest BCUT2D eigenvalue weighted by molar-refractivity contribution is 0.0344. The SMILES string of the molecule is Cc1ccc(-c2nc3ccc(N4CCN(CC(C)(C)O)CC4)nn3c2-c2ccncc2)o1. The Morgan fingerprint density at radius 2 is 1.75 bits per heavy atom. The van der Waals surface area contributed by atoms with E-state index in [1.165, 1.54) is 0 Å². The predicted molar refractivity (Wildman–Crippen MR) is 124 cm³/mol. The van der Waals surface area contributed by atoms with E-state index in [0.717, 1.165) is 66.1 Å². The lowest BCUT2D eigenvalue weighted by Gasteiger charge is -2.37. The van der Waals surface area contributed by atoms with Gasteiger partial charge in [0.05, 0.1) is 5.60 Å². The number of anilines is 1. The van der Waals surface area contributed by atoms with Crippen molar-refractivity contribution in [2.45, 2.75) is 26.4 Å². The van der Waals surface area contributed by atoms with E-state index in [9.17, 15) is 5.11 Å². The number of piperazine rings is 1. The summed E-state index contributed by atoms with van der Waals surface area (Å²) < 4.78 is 7.81. The summed E-state index contributed by atoms with van der Waals surface area (Å²) in [5, 5.41) is 15.1. The first-order chi connectivity index (χ1) is 15.4. The second-order valence-electron chi connectivity index (χ2n) is 8.99. The Kier molecular flexibility index (Phi) is 5.19. The molecule has 0 spiro atoms. The quantitative estimate of drug-likeness (QED) is 0.518. The van der Waals surface area contributed by atoms with Crippen LogP contribution in [-0.4, -0.2) is 67.9 Å². The van der Waals surface area contributed by atoms with Crippen LogP contribution in [0.1, 0.15) is 19.6 Å². The summed E-state index contributed by atoms with van der Waals surface area (Å²) in [5.74, 6) is 2.48. The smallest absolute Gasteiger partial charge is 0.155 e. The topological polar surface area (TPSA) is 82.9 Å². The Morgan fingerprint density at radius 1 is 1.00 bits per heavy atom. The van der Waals surface area contributed by atoms with Gasteiger partial charge in [-0.3, -0.25) is 9.88 Å². The average Bonchev–Trinajstić information content (AvgIpc) is 3.36. The second kappa shape index (κ2) is 8.03. The van der Waals surface area contributed by atoms with Gasteiger partial charge < -0.3 is 14.4 Å². The summed E-state index contributed by atoms with van der Waals surface area (Å²) in [5.41, 5.74) is 2.72. The van der Waals surface area contributed by atoms with Gasteiger partial charge in [0.1, 0.15) is 23.0 Å². The van der Waals surface area contributed by atoms with Gasteiger partial charge in [-0.25, -0.2) is 9.50 Å². The molecule has 166 valence electrons. The van der Waals surface area contributed by atoms with E-state index in [0.29, 0.717) is 6.54 Å². The number of furan rings is 1. The molecule has 5 heterocycles. The monoisotopic (exact) mass is 432 g/mol. The number of hydrogen-bond donors (Lipinski definition) is 1. The summed E-state index contributed by atoms with van der Waals surface area (Å²) in [6.45, 7) is 9.81. The fraction of sp³-hybridized carbons (Fsp3) is 0.375. The maximum Gasteiger partial charge on any atom is 0.155 e. The Bertz CT molecular complexity index is 1220. The minimum absolute atomic E-state index is 0.674. The van der Waals surface area contributed by atoms with Crippen LogP contribution in [0, 0.1) is 6.92 Å². The number of β-amino-alcohol motifs (C(OH)–C–C–N with tert-alkyl or cyclic N) is 1. The standard InChI is InChI=1S/C24H28N6O2/c1-17-4-5-19(32-17)22-23(18-8-10-25-11-9-18)30-20(26-22)6-7-21(27-30)29-14-12-28(13-15-29)16-24(2,3)31/h4-11,31H,12-16H2,1-3H3. The van der Waals surface area contributed by atoms with Crippen LogP contribution in [0.4, 0.5) is 5.82 Å². The second-order valence-corrected chi connectivity index (χ2v) is 8.99. The molecule has 0 atom stereocenters. The third kappa shape index (κ3) is 4.11. The molecule has 4 aromatic rings. The summed E-state index contributed by atoms with van der Waals surface area (Å²) >= 11 is 0. The van der Waals surface area contributed by atoms with Crippen molar-refractivity contribution in [3.05, 3.63) is 54.6 Å². The van der Waals surface area contributed by atoms with Gasteiger partial charge in [0.25, 0.3) is 0 Å². The van der Waals surface area contributed by atoms with E-state index >= 15 is 0 Å². The van der Waals surface area contributed by atoms with Crippen LogP contribution in [0.3, 0.4) is 0 Å². The third-order valence-corrected chi connectivity index (χ3v) is 5.70. The summed E-state index contributed by atoms with van der Waals surface area (Å²) in [6.07, 6.45) is 3.55. The molecule has 1 aliphatic heterocycles. The van der Waals surface area contributed by atoms with Crippen molar-refractivity contribution in [1.82, 2.24) is 24.5 Å². The highest BCUT2D eigenvalue weighted by atomic mass is 16.3. The molecular weight excluding hydrogens is 404 g/mol. The molecule has 8 nitrogen and oxygen atoms in total. The normalized spacial score (nSPS) is 15.6. The van der Waals surface area contributed by atoms with Gasteiger partial charge in [-0.05, 0) is 57.2 Å². The number of imidazole rings is 1. The van der Waals surface area contributed by atoms with Crippen molar-refractivity contribution in [2.75, 3.05) is 37.6 Å². The Labute approximate surface area is 187 Å².